The first-order chi connectivity index (χ1) is 7.51. The first-order valence-corrected chi connectivity index (χ1v) is 4.97. The Bertz CT molecular complexity index is 376. The van der Waals surface area contributed by atoms with Crippen LogP contribution in [0, 0.1) is 5.92 Å². The average molecular weight is 232 g/mol. The summed E-state index contributed by atoms with van der Waals surface area (Å²) in [6.45, 7) is 0.00498. The number of hydrogen-bond acceptors (Lipinski definition) is 2. The number of halogens is 3. The van der Waals surface area contributed by atoms with Gasteiger partial charge < -0.3 is 9.84 Å². The fourth-order valence-corrected chi connectivity index (χ4v) is 1.83. The molecule has 2 atom stereocenters. The van der Waals surface area contributed by atoms with Crippen molar-refractivity contribution in [1.29, 1.82) is 0 Å². The van der Waals surface area contributed by atoms with E-state index >= 15 is 0 Å². The first-order valence-electron chi connectivity index (χ1n) is 4.97. The largest absolute Gasteiger partial charge is 0.573 e. The van der Waals surface area contributed by atoms with Crippen molar-refractivity contribution in [2.24, 2.45) is 5.92 Å². The minimum atomic E-state index is -4.67. The van der Waals surface area contributed by atoms with E-state index in [2.05, 4.69) is 4.74 Å². The SMILES string of the molecule is OC[C@@H]1C[C@H]1c1ccccc1OC(F)(F)F. The van der Waals surface area contributed by atoms with Gasteiger partial charge in [0.05, 0.1) is 0 Å². The van der Waals surface area contributed by atoms with Gasteiger partial charge in [-0.2, -0.15) is 0 Å². The molecule has 16 heavy (non-hydrogen) atoms. The Hall–Kier alpha value is -1.23. The van der Waals surface area contributed by atoms with Gasteiger partial charge in [-0.25, -0.2) is 0 Å². The van der Waals surface area contributed by atoms with Crippen molar-refractivity contribution in [1.82, 2.24) is 0 Å². The summed E-state index contributed by atoms with van der Waals surface area (Å²) in [5.41, 5.74) is 0.527. The van der Waals surface area contributed by atoms with Gasteiger partial charge in [0.2, 0.25) is 0 Å². The van der Waals surface area contributed by atoms with Crippen LogP contribution in [0.4, 0.5) is 13.2 Å². The minimum absolute atomic E-state index is 0.00498. The molecule has 0 aromatic heterocycles. The van der Waals surface area contributed by atoms with E-state index in [1.54, 1.807) is 12.1 Å². The van der Waals surface area contributed by atoms with Gasteiger partial charge in [0, 0.05) is 6.61 Å². The van der Waals surface area contributed by atoms with E-state index in [1.807, 2.05) is 0 Å². The van der Waals surface area contributed by atoms with Gasteiger partial charge in [0.25, 0.3) is 0 Å². The Morgan fingerprint density at radius 2 is 2.00 bits per heavy atom. The third kappa shape index (κ3) is 2.47. The predicted octanol–water partition coefficient (Wildman–Crippen LogP) is 2.68. The van der Waals surface area contributed by atoms with E-state index in [9.17, 15) is 13.2 Å². The number of rotatable bonds is 3. The molecule has 0 heterocycles. The summed E-state index contributed by atoms with van der Waals surface area (Å²) in [5.74, 6) is -0.0996. The maximum Gasteiger partial charge on any atom is 0.573 e. The molecule has 2 rings (SSSR count). The van der Waals surface area contributed by atoms with E-state index in [4.69, 9.17) is 5.11 Å². The summed E-state index contributed by atoms with van der Waals surface area (Å²) < 4.78 is 40.3. The van der Waals surface area contributed by atoms with Gasteiger partial charge in [-0.05, 0) is 29.9 Å². The highest BCUT2D eigenvalue weighted by Gasteiger charge is 2.41. The van der Waals surface area contributed by atoms with Crippen LogP contribution < -0.4 is 4.74 Å². The van der Waals surface area contributed by atoms with E-state index in [-0.39, 0.29) is 24.2 Å². The molecule has 0 radical (unpaired) electrons. The van der Waals surface area contributed by atoms with E-state index in [1.165, 1.54) is 12.1 Å². The second kappa shape index (κ2) is 3.97. The normalized spacial score (nSPS) is 24.2. The van der Waals surface area contributed by atoms with Gasteiger partial charge in [0.1, 0.15) is 5.75 Å². The molecular formula is C11H11F3O2. The van der Waals surface area contributed by atoms with E-state index in [0.29, 0.717) is 12.0 Å². The molecule has 0 unspecified atom stereocenters. The van der Waals surface area contributed by atoms with Gasteiger partial charge in [0.15, 0.2) is 0 Å². The molecule has 1 fully saturated rings. The van der Waals surface area contributed by atoms with Crippen molar-refractivity contribution >= 4 is 0 Å². The zero-order valence-corrected chi connectivity index (χ0v) is 8.37. The molecule has 0 amide bonds. The average Bonchev–Trinajstić information content (AvgIpc) is 2.95. The summed E-state index contributed by atoms with van der Waals surface area (Å²) in [7, 11) is 0. The maximum absolute atomic E-state index is 12.1. The van der Waals surface area contributed by atoms with Crippen molar-refractivity contribution in [2.45, 2.75) is 18.7 Å². The summed E-state index contributed by atoms with van der Waals surface area (Å²) in [4.78, 5) is 0. The fraction of sp³-hybridized carbons (Fsp3) is 0.455. The number of hydrogen-bond donors (Lipinski definition) is 1. The molecule has 1 N–H and O–H groups in total. The van der Waals surface area contributed by atoms with Crippen molar-refractivity contribution < 1.29 is 23.0 Å². The molecular weight excluding hydrogens is 221 g/mol. The fourth-order valence-electron chi connectivity index (χ4n) is 1.83. The van der Waals surface area contributed by atoms with Crippen LogP contribution in [0.25, 0.3) is 0 Å². The lowest BCUT2D eigenvalue weighted by atomic mass is 10.1. The zero-order chi connectivity index (χ0) is 11.8. The Morgan fingerprint density at radius 1 is 1.31 bits per heavy atom. The predicted molar refractivity (Wildman–Crippen MR) is 51.1 cm³/mol. The zero-order valence-electron chi connectivity index (χ0n) is 8.37. The highest BCUT2D eigenvalue weighted by molar-refractivity contribution is 5.39. The lowest BCUT2D eigenvalue weighted by molar-refractivity contribution is -0.274. The number of para-hydroxylation sites is 1. The monoisotopic (exact) mass is 232 g/mol. The second-order valence-electron chi connectivity index (χ2n) is 3.87. The molecule has 0 aliphatic heterocycles. The van der Waals surface area contributed by atoms with Crippen molar-refractivity contribution in [3.05, 3.63) is 29.8 Å². The van der Waals surface area contributed by atoms with Crippen molar-refractivity contribution in [3.63, 3.8) is 0 Å². The van der Waals surface area contributed by atoms with Crippen LogP contribution in [0.3, 0.4) is 0 Å². The number of aliphatic hydroxyl groups excluding tert-OH is 1. The quantitative estimate of drug-likeness (QED) is 0.868. The van der Waals surface area contributed by atoms with Gasteiger partial charge in [-0.1, -0.05) is 18.2 Å². The molecule has 1 aliphatic carbocycles. The first kappa shape index (κ1) is 11.3. The van der Waals surface area contributed by atoms with Gasteiger partial charge in [-0.3, -0.25) is 0 Å². The highest BCUT2D eigenvalue weighted by Crippen LogP contribution is 2.50. The molecule has 1 aliphatic rings. The lowest BCUT2D eigenvalue weighted by Gasteiger charge is -2.12. The third-order valence-electron chi connectivity index (χ3n) is 2.70. The molecule has 0 bridgehead atoms. The highest BCUT2D eigenvalue weighted by atomic mass is 19.4. The number of alkyl halides is 3. The number of aliphatic hydroxyl groups is 1. The molecule has 2 nitrogen and oxygen atoms in total. The maximum atomic E-state index is 12.1. The van der Waals surface area contributed by atoms with Crippen LogP contribution in [0.5, 0.6) is 5.75 Å². The smallest absolute Gasteiger partial charge is 0.405 e. The Kier molecular flexibility index (Phi) is 2.80. The van der Waals surface area contributed by atoms with Crippen LogP contribution in [0.15, 0.2) is 24.3 Å². The van der Waals surface area contributed by atoms with E-state index < -0.39 is 6.36 Å². The van der Waals surface area contributed by atoms with Crippen molar-refractivity contribution in [3.8, 4) is 5.75 Å². The standard InChI is InChI=1S/C11H11F3O2/c12-11(13,14)16-10-4-2-1-3-8(10)9-5-7(9)6-15/h1-4,7,9,15H,5-6H2/t7-,9+/m0/s1. The number of benzene rings is 1. The van der Waals surface area contributed by atoms with Crippen LogP contribution in [0.1, 0.15) is 17.9 Å². The molecule has 88 valence electrons. The second-order valence-corrected chi connectivity index (χ2v) is 3.87. The van der Waals surface area contributed by atoms with Crippen LogP contribution in [-0.2, 0) is 0 Å². The molecule has 0 saturated heterocycles. The molecule has 0 spiro atoms. The Balaban J connectivity index is 2.19. The summed E-state index contributed by atoms with van der Waals surface area (Å²) in [5, 5.41) is 8.90. The summed E-state index contributed by atoms with van der Waals surface area (Å²) >= 11 is 0. The van der Waals surface area contributed by atoms with E-state index in [0.717, 1.165) is 0 Å². The van der Waals surface area contributed by atoms with Crippen LogP contribution >= 0.6 is 0 Å². The molecule has 1 aromatic carbocycles. The number of ether oxygens (including phenoxy) is 1. The molecule has 1 aromatic rings. The molecule has 1 saturated carbocycles. The van der Waals surface area contributed by atoms with Gasteiger partial charge in [-0.15, -0.1) is 13.2 Å². The topological polar surface area (TPSA) is 29.5 Å². The van der Waals surface area contributed by atoms with Crippen LogP contribution in [0.2, 0.25) is 0 Å². The lowest BCUT2D eigenvalue weighted by Crippen LogP contribution is -2.18. The van der Waals surface area contributed by atoms with Crippen LogP contribution in [-0.4, -0.2) is 18.1 Å². The van der Waals surface area contributed by atoms with Crippen molar-refractivity contribution in [2.75, 3.05) is 6.61 Å². The van der Waals surface area contributed by atoms with Gasteiger partial charge >= 0.3 is 6.36 Å². The minimum Gasteiger partial charge on any atom is -0.405 e. The Labute approximate surface area is 90.7 Å². The molecule has 5 heteroatoms. The summed E-state index contributed by atoms with van der Waals surface area (Å²) in [6.07, 6.45) is -3.95. The third-order valence-corrected chi connectivity index (χ3v) is 2.70. The Morgan fingerprint density at radius 3 is 2.56 bits per heavy atom. The summed E-state index contributed by atoms with van der Waals surface area (Å²) in [6, 6.07) is 6.09.